The lowest BCUT2D eigenvalue weighted by Crippen LogP contribution is -2.49. The Morgan fingerprint density at radius 2 is 1.88 bits per heavy atom. The molecule has 98 valence electrons. The van der Waals surface area contributed by atoms with E-state index in [2.05, 4.69) is 10.1 Å². The van der Waals surface area contributed by atoms with Crippen molar-refractivity contribution in [3.05, 3.63) is 0 Å². The van der Waals surface area contributed by atoms with Crippen molar-refractivity contribution in [1.82, 2.24) is 5.32 Å². The van der Waals surface area contributed by atoms with Crippen molar-refractivity contribution in [2.24, 2.45) is 5.92 Å². The Hall–Kier alpha value is -1.30. The Morgan fingerprint density at radius 3 is 2.29 bits per heavy atom. The Balaban J connectivity index is 2.69. The molecule has 1 fully saturated rings. The Kier molecular flexibility index (Phi) is 4.74. The minimum Gasteiger partial charge on any atom is -0.480 e. The molecule has 4 atom stereocenters. The van der Waals surface area contributed by atoms with Crippen LogP contribution in [0.15, 0.2) is 0 Å². The molecule has 0 aromatic rings. The highest BCUT2D eigenvalue weighted by Crippen LogP contribution is 2.27. The van der Waals surface area contributed by atoms with Gasteiger partial charge in [-0.05, 0) is 32.6 Å². The van der Waals surface area contributed by atoms with Crippen LogP contribution in [0.2, 0.25) is 0 Å². The molecule has 1 rings (SSSR count). The predicted molar refractivity (Wildman–Crippen MR) is 59.7 cm³/mol. The molecule has 2 unspecified atom stereocenters. The second-order valence-corrected chi connectivity index (χ2v) is 4.44. The third-order valence-electron chi connectivity index (χ3n) is 2.93. The first kappa shape index (κ1) is 13.8. The van der Waals surface area contributed by atoms with Gasteiger partial charge in [-0.1, -0.05) is 0 Å². The van der Waals surface area contributed by atoms with Gasteiger partial charge in [-0.15, -0.1) is 0 Å². The van der Waals surface area contributed by atoms with Crippen molar-refractivity contribution in [2.75, 3.05) is 7.11 Å². The maximum absolute atomic E-state index is 11.2. The highest BCUT2D eigenvalue weighted by Gasteiger charge is 2.35. The van der Waals surface area contributed by atoms with Gasteiger partial charge in [0.15, 0.2) is 0 Å². The Labute approximate surface area is 100 Å². The summed E-state index contributed by atoms with van der Waals surface area (Å²) in [7, 11) is 1.21. The number of carbonyl (C=O) groups is 2. The minimum atomic E-state index is -1.04. The van der Waals surface area contributed by atoms with Crippen LogP contribution in [0.1, 0.15) is 26.7 Å². The minimum absolute atomic E-state index is 0.00467. The number of ether oxygens (including phenoxy) is 2. The molecule has 6 heteroatoms. The smallest absolute Gasteiger partial charge is 0.407 e. The molecule has 1 aliphatic heterocycles. The lowest BCUT2D eigenvalue weighted by molar-refractivity contribution is -0.143. The molecule has 0 aromatic heterocycles. The van der Waals surface area contributed by atoms with E-state index < -0.39 is 18.1 Å². The molecule has 1 aliphatic rings. The number of rotatable bonds is 3. The predicted octanol–water partition coefficient (Wildman–Crippen LogP) is 0.999. The molecule has 6 nitrogen and oxygen atoms in total. The topological polar surface area (TPSA) is 84.9 Å². The third kappa shape index (κ3) is 3.89. The van der Waals surface area contributed by atoms with E-state index in [0.717, 1.165) is 0 Å². The number of methoxy groups -OCH3 is 1. The summed E-state index contributed by atoms with van der Waals surface area (Å²) in [6.07, 6.45) is 0.524. The quantitative estimate of drug-likeness (QED) is 0.774. The van der Waals surface area contributed by atoms with Gasteiger partial charge >= 0.3 is 12.1 Å². The van der Waals surface area contributed by atoms with Crippen LogP contribution >= 0.6 is 0 Å². The molecule has 0 aliphatic carbocycles. The average Bonchev–Trinajstić information content (AvgIpc) is 2.23. The lowest BCUT2D eigenvalue weighted by Gasteiger charge is -2.35. The van der Waals surface area contributed by atoms with Gasteiger partial charge in [0.05, 0.1) is 19.3 Å². The van der Waals surface area contributed by atoms with Gasteiger partial charge in [-0.2, -0.15) is 0 Å². The second kappa shape index (κ2) is 5.86. The van der Waals surface area contributed by atoms with Crippen molar-refractivity contribution in [2.45, 2.75) is 44.9 Å². The van der Waals surface area contributed by atoms with E-state index in [1.165, 1.54) is 7.11 Å². The number of carboxylic acid groups (broad SMARTS) is 1. The molecule has 0 spiro atoms. The SMILES string of the molecule is COC(=O)NC(C(=O)O)C1C[C@@H](C)O[C@@H](C)C1. The van der Waals surface area contributed by atoms with Crippen LogP contribution in [0.25, 0.3) is 0 Å². The number of carboxylic acids is 1. The van der Waals surface area contributed by atoms with E-state index in [4.69, 9.17) is 9.84 Å². The highest BCUT2D eigenvalue weighted by atomic mass is 16.5. The van der Waals surface area contributed by atoms with Crippen LogP contribution in [-0.2, 0) is 14.3 Å². The van der Waals surface area contributed by atoms with E-state index >= 15 is 0 Å². The number of nitrogens with one attached hydrogen (secondary N) is 1. The number of aliphatic carboxylic acids is 1. The van der Waals surface area contributed by atoms with E-state index in [0.29, 0.717) is 12.8 Å². The molecule has 0 saturated carbocycles. The lowest BCUT2D eigenvalue weighted by atomic mass is 9.86. The Bertz CT molecular complexity index is 284. The summed E-state index contributed by atoms with van der Waals surface area (Å²) in [4.78, 5) is 22.3. The van der Waals surface area contributed by atoms with Gasteiger partial charge in [0.2, 0.25) is 0 Å². The van der Waals surface area contributed by atoms with Crippen LogP contribution in [0, 0.1) is 5.92 Å². The molecule has 2 N–H and O–H groups in total. The fraction of sp³-hybridized carbons (Fsp3) is 0.818. The van der Waals surface area contributed by atoms with Gasteiger partial charge in [-0.25, -0.2) is 9.59 Å². The van der Waals surface area contributed by atoms with Crippen molar-refractivity contribution in [3.8, 4) is 0 Å². The number of alkyl carbamates (subject to hydrolysis) is 1. The second-order valence-electron chi connectivity index (χ2n) is 4.44. The van der Waals surface area contributed by atoms with E-state index in [1.54, 1.807) is 0 Å². The summed E-state index contributed by atoms with van der Waals surface area (Å²) in [5.74, 6) is -1.17. The van der Waals surface area contributed by atoms with Gasteiger partial charge in [-0.3, -0.25) is 0 Å². The van der Waals surface area contributed by atoms with Crippen molar-refractivity contribution >= 4 is 12.1 Å². The summed E-state index contributed by atoms with van der Waals surface area (Å²) in [6, 6.07) is -0.920. The van der Waals surface area contributed by atoms with Crippen molar-refractivity contribution < 1.29 is 24.2 Å². The number of hydrogen-bond acceptors (Lipinski definition) is 4. The molecule has 0 bridgehead atoms. The summed E-state index contributed by atoms with van der Waals surface area (Å²) in [6.45, 7) is 3.80. The van der Waals surface area contributed by atoms with Gasteiger partial charge in [0, 0.05) is 0 Å². The van der Waals surface area contributed by atoms with Crippen molar-refractivity contribution in [1.29, 1.82) is 0 Å². The van der Waals surface area contributed by atoms with E-state index in [-0.39, 0.29) is 18.1 Å². The largest absolute Gasteiger partial charge is 0.480 e. The summed E-state index contributed by atoms with van der Waals surface area (Å²) >= 11 is 0. The number of amides is 1. The van der Waals surface area contributed by atoms with Crippen LogP contribution in [0.3, 0.4) is 0 Å². The highest BCUT2D eigenvalue weighted by molar-refractivity contribution is 5.80. The van der Waals surface area contributed by atoms with Crippen molar-refractivity contribution in [3.63, 3.8) is 0 Å². The maximum Gasteiger partial charge on any atom is 0.407 e. The monoisotopic (exact) mass is 245 g/mol. The summed E-state index contributed by atoms with van der Waals surface area (Å²) in [5.41, 5.74) is 0. The molecule has 1 saturated heterocycles. The van der Waals surface area contributed by atoms with Crippen LogP contribution in [0.4, 0.5) is 4.79 Å². The number of carbonyl (C=O) groups excluding carboxylic acids is 1. The van der Waals surface area contributed by atoms with Gasteiger partial charge in [0.25, 0.3) is 0 Å². The van der Waals surface area contributed by atoms with E-state index in [9.17, 15) is 9.59 Å². The first-order valence-corrected chi connectivity index (χ1v) is 5.66. The maximum atomic E-state index is 11.2. The fourth-order valence-electron chi connectivity index (χ4n) is 2.30. The standard InChI is InChI=1S/C11H19NO5/c1-6-4-8(5-7(2)17-6)9(10(13)14)12-11(15)16-3/h6-9H,4-5H2,1-3H3,(H,12,15)(H,13,14)/t6-,7+,8?,9?. The first-order valence-electron chi connectivity index (χ1n) is 5.66. The zero-order valence-electron chi connectivity index (χ0n) is 10.3. The summed E-state index contributed by atoms with van der Waals surface area (Å²) < 4.78 is 9.97. The molecule has 0 aromatic carbocycles. The number of hydrogen-bond donors (Lipinski definition) is 2. The molecule has 1 amide bonds. The summed E-state index contributed by atoms with van der Waals surface area (Å²) in [5, 5.41) is 11.5. The van der Waals surface area contributed by atoms with Crippen LogP contribution in [0.5, 0.6) is 0 Å². The zero-order chi connectivity index (χ0) is 13.0. The molecular formula is C11H19NO5. The third-order valence-corrected chi connectivity index (χ3v) is 2.93. The van der Waals surface area contributed by atoms with E-state index in [1.807, 2.05) is 13.8 Å². The van der Waals surface area contributed by atoms with Crippen LogP contribution in [-0.4, -0.2) is 42.5 Å². The normalized spacial score (nSPS) is 30.4. The molecular weight excluding hydrogens is 226 g/mol. The Morgan fingerprint density at radius 1 is 1.35 bits per heavy atom. The molecule has 1 heterocycles. The molecule has 0 radical (unpaired) electrons. The fourth-order valence-corrected chi connectivity index (χ4v) is 2.30. The zero-order valence-corrected chi connectivity index (χ0v) is 10.3. The average molecular weight is 245 g/mol. The first-order chi connectivity index (χ1) is 7.93. The van der Waals surface area contributed by atoms with Crippen LogP contribution < -0.4 is 5.32 Å². The van der Waals surface area contributed by atoms with Gasteiger partial charge in [0.1, 0.15) is 6.04 Å². The molecule has 17 heavy (non-hydrogen) atoms. The van der Waals surface area contributed by atoms with Gasteiger partial charge < -0.3 is 19.9 Å².